The van der Waals surface area contributed by atoms with E-state index in [0.29, 0.717) is 11.8 Å². The van der Waals surface area contributed by atoms with Crippen LogP contribution in [0.1, 0.15) is 61.8 Å². The summed E-state index contributed by atoms with van der Waals surface area (Å²) in [5.74, 6) is 3.18. The van der Waals surface area contributed by atoms with Crippen LogP contribution in [-0.4, -0.2) is 18.9 Å². The Kier molecular flexibility index (Phi) is 7.21. The molecule has 5 nitrogen and oxygen atoms in total. The van der Waals surface area contributed by atoms with Gasteiger partial charge >= 0.3 is 0 Å². The van der Waals surface area contributed by atoms with E-state index in [1.807, 2.05) is 6.20 Å². The number of rotatable bonds is 6. The zero-order valence-corrected chi connectivity index (χ0v) is 29.9. The van der Waals surface area contributed by atoms with Crippen LogP contribution < -0.4 is 4.74 Å². The molecule has 0 bridgehead atoms. The molecular formula is C46H40N4O. The molecule has 4 heterocycles. The molecule has 0 radical (unpaired) electrons. The minimum atomic E-state index is 0.373. The normalized spacial score (nSPS) is 12.1. The molecule has 0 spiro atoms. The van der Waals surface area contributed by atoms with Crippen molar-refractivity contribution in [3.05, 3.63) is 144 Å². The minimum absolute atomic E-state index is 0.373. The number of hydrogen-bond donors (Lipinski definition) is 0. The van der Waals surface area contributed by atoms with Crippen molar-refractivity contribution in [2.75, 3.05) is 0 Å². The number of aromatic nitrogens is 4. The Hall–Kier alpha value is -5.94. The molecular weight excluding hydrogens is 625 g/mol. The van der Waals surface area contributed by atoms with Gasteiger partial charge in [0.1, 0.15) is 23.0 Å². The van der Waals surface area contributed by atoms with E-state index in [2.05, 4.69) is 166 Å². The van der Waals surface area contributed by atoms with Crippen molar-refractivity contribution in [1.29, 1.82) is 0 Å². The van der Waals surface area contributed by atoms with Crippen LogP contribution in [0.2, 0.25) is 0 Å². The second kappa shape index (κ2) is 11.8. The molecule has 9 aromatic rings. The number of para-hydroxylation sites is 2. The largest absolute Gasteiger partial charge is 0.457 e. The van der Waals surface area contributed by atoms with Crippen molar-refractivity contribution < 1.29 is 4.74 Å². The van der Waals surface area contributed by atoms with E-state index < -0.39 is 0 Å². The summed E-state index contributed by atoms with van der Waals surface area (Å²) in [6, 6.07) is 38.9. The molecule has 0 saturated heterocycles. The predicted octanol–water partition coefficient (Wildman–Crippen LogP) is 12.5. The number of fused-ring (bicyclic) bond motifs is 9. The van der Waals surface area contributed by atoms with Gasteiger partial charge in [-0.3, -0.25) is 8.97 Å². The zero-order chi connectivity index (χ0) is 35.0. The summed E-state index contributed by atoms with van der Waals surface area (Å²) in [7, 11) is 0. The van der Waals surface area contributed by atoms with Crippen LogP contribution >= 0.6 is 0 Å². The van der Waals surface area contributed by atoms with E-state index in [4.69, 9.17) is 14.7 Å². The molecule has 0 fully saturated rings. The lowest BCUT2D eigenvalue weighted by molar-refractivity contribution is 0.484. The SMILES string of the molecule is Cc1cnc(-n2c3ccccc3c3ccc(Oc4ccc5c6ccccc6n6c(-c7c(C(C)C)cccc7C(C)C)cnc6c5c4)cc32)cc1C. The first-order valence-corrected chi connectivity index (χ1v) is 17.9. The highest BCUT2D eigenvalue weighted by Crippen LogP contribution is 2.41. The molecule has 5 aromatic carbocycles. The quantitative estimate of drug-likeness (QED) is 0.166. The van der Waals surface area contributed by atoms with Gasteiger partial charge in [0.2, 0.25) is 0 Å². The fourth-order valence-corrected chi connectivity index (χ4v) is 7.84. The van der Waals surface area contributed by atoms with Gasteiger partial charge < -0.3 is 4.74 Å². The maximum atomic E-state index is 6.71. The standard InChI is InChI=1S/C46H40N4O/c1-27(2)33-14-11-15-34(28(3)4)45(33)43-26-48-46-39-23-31(18-20-35(39)36-12-7-10-17-41(36)50(43)46)51-32-19-21-38-37-13-8-9-16-40(37)49(42(38)24-32)44-22-29(5)30(6)25-47-44/h7-28H,1-6H3. The molecule has 0 aliphatic heterocycles. The number of benzene rings is 5. The van der Waals surface area contributed by atoms with Gasteiger partial charge in [-0.2, -0.15) is 0 Å². The summed E-state index contributed by atoms with van der Waals surface area (Å²) < 4.78 is 11.3. The monoisotopic (exact) mass is 664 g/mol. The van der Waals surface area contributed by atoms with Crippen molar-refractivity contribution in [2.45, 2.75) is 53.4 Å². The summed E-state index contributed by atoms with van der Waals surface area (Å²) in [5, 5.41) is 5.75. The number of imidazole rings is 1. The summed E-state index contributed by atoms with van der Waals surface area (Å²) in [4.78, 5) is 9.99. The molecule has 4 aromatic heterocycles. The van der Waals surface area contributed by atoms with Gasteiger partial charge in [0, 0.05) is 39.4 Å². The van der Waals surface area contributed by atoms with Gasteiger partial charge in [-0.1, -0.05) is 82.3 Å². The first kappa shape index (κ1) is 31.1. The maximum absolute atomic E-state index is 6.71. The number of pyridine rings is 2. The molecule has 0 unspecified atom stereocenters. The van der Waals surface area contributed by atoms with Crippen molar-refractivity contribution in [2.24, 2.45) is 0 Å². The zero-order valence-electron chi connectivity index (χ0n) is 29.9. The lowest BCUT2D eigenvalue weighted by Gasteiger charge is -2.20. The van der Waals surface area contributed by atoms with Crippen LogP contribution in [0.4, 0.5) is 0 Å². The van der Waals surface area contributed by atoms with E-state index >= 15 is 0 Å². The maximum Gasteiger partial charge on any atom is 0.145 e. The Labute approximate surface area is 297 Å². The number of hydrogen-bond acceptors (Lipinski definition) is 3. The molecule has 9 rings (SSSR count). The molecule has 0 aliphatic carbocycles. The fraction of sp³-hybridized carbons (Fsp3) is 0.174. The Morgan fingerprint density at radius 1 is 0.529 bits per heavy atom. The third-order valence-corrected chi connectivity index (χ3v) is 10.5. The Bertz CT molecular complexity index is 2790. The van der Waals surface area contributed by atoms with Gasteiger partial charge in [-0.25, -0.2) is 9.97 Å². The third kappa shape index (κ3) is 4.90. The smallest absolute Gasteiger partial charge is 0.145 e. The van der Waals surface area contributed by atoms with Crippen molar-refractivity contribution in [3.63, 3.8) is 0 Å². The Morgan fingerprint density at radius 2 is 1.16 bits per heavy atom. The van der Waals surface area contributed by atoms with E-state index in [0.717, 1.165) is 61.4 Å². The third-order valence-electron chi connectivity index (χ3n) is 10.5. The molecule has 0 saturated carbocycles. The summed E-state index contributed by atoms with van der Waals surface area (Å²) in [6.07, 6.45) is 4.02. The lowest BCUT2D eigenvalue weighted by Crippen LogP contribution is -2.02. The Morgan fingerprint density at radius 3 is 1.86 bits per heavy atom. The summed E-state index contributed by atoms with van der Waals surface area (Å²) in [5.41, 5.74) is 11.7. The highest BCUT2D eigenvalue weighted by Gasteiger charge is 2.22. The first-order chi connectivity index (χ1) is 24.8. The van der Waals surface area contributed by atoms with Crippen LogP contribution in [-0.2, 0) is 0 Å². The average molecular weight is 665 g/mol. The van der Waals surface area contributed by atoms with Crippen LogP contribution in [0, 0.1) is 13.8 Å². The van der Waals surface area contributed by atoms with E-state index in [-0.39, 0.29) is 0 Å². The highest BCUT2D eigenvalue weighted by molar-refractivity contribution is 6.13. The van der Waals surface area contributed by atoms with E-state index in [1.54, 1.807) is 0 Å². The highest BCUT2D eigenvalue weighted by atomic mass is 16.5. The van der Waals surface area contributed by atoms with Gasteiger partial charge in [0.15, 0.2) is 0 Å². The minimum Gasteiger partial charge on any atom is -0.457 e. The van der Waals surface area contributed by atoms with Crippen LogP contribution in [0.25, 0.3) is 66.2 Å². The van der Waals surface area contributed by atoms with Crippen molar-refractivity contribution in [1.82, 2.24) is 18.9 Å². The first-order valence-electron chi connectivity index (χ1n) is 17.9. The molecule has 5 heteroatoms. The summed E-state index contributed by atoms with van der Waals surface area (Å²) >= 11 is 0. The van der Waals surface area contributed by atoms with Gasteiger partial charge in [0.05, 0.1) is 28.4 Å². The second-order valence-electron chi connectivity index (χ2n) is 14.4. The van der Waals surface area contributed by atoms with E-state index in [9.17, 15) is 0 Å². The number of nitrogens with zero attached hydrogens (tertiary/aromatic N) is 4. The second-order valence-corrected chi connectivity index (χ2v) is 14.4. The van der Waals surface area contributed by atoms with Crippen LogP contribution in [0.15, 0.2) is 122 Å². The number of ether oxygens (including phenoxy) is 1. The van der Waals surface area contributed by atoms with Gasteiger partial charge in [-0.05, 0) is 102 Å². The van der Waals surface area contributed by atoms with Crippen molar-refractivity contribution >= 4 is 49.1 Å². The van der Waals surface area contributed by atoms with E-state index in [1.165, 1.54) is 38.6 Å². The van der Waals surface area contributed by atoms with Crippen LogP contribution in [0.5, 0.6) is 11.5 Å². The van der Waals surface area contributed by atoms with Crippen LogP contribution in [0.3, 0.4) is 0 Å². The number of aryl methyl sites for hydroxylation is 2. The Balaban J connectivity index is 1.23. The summed E-state index contributed by atoms with van der Waals surface area (Å²) in [6.45, 7) is 13.3. The fourth-order valence-electron chi connectivity index (χ4n) is 7.84. The lowest BCUT2D eigenvalue weighted by atomic mass is 9.87. The molecule has 250 valence electrons. The molecule has 0 N–H and O–H groups in total. The molecule has 51 heavy (non-hydrogen) atoms. The molecule has 0 atom stereocenters. The molecule has 0 amide bonds. The van der Waals surface area contributed by atoms with Crippen molar-refractivity contribution in [3.8, 4) is 28.6 Å². The predicted molar refractivity (Wildman–Crippen MR) is 212 cm³/mol. The topological polar surface area (TPSA) is 44.4 Å². The van der Waals surface area contributed by atoms with Gasteiger partial charge in [0.25, 0.3) is 0 Å². The molecule has 0 aliphatic rings. The average Bonchev–Trinajstić information content (AvgIpc) is 3.72. The van der Waals surface area contributed by atoms with Gasteiger partial charge in [-0.15, -0.1) is 0 Å².